The van der Waals surface area contributed by atoms with Crippen LogP contribution in [0.3, 0.4) is 0 Å². The average molecular weight is 362 g/mol. The third-order valence-corrected chi connectivity index (χ3v) is 5.99. The van der Waals surface area contributed by atoms with E-state index >= 15 is 4.39 Å². The van der Waals surface area contributed by atoms with Crippen LogP contribution in [0, 0.1) is 0 Å². The van der Waals surface area contributed by atoms with E-state index in [1.807, 2.05) is 11.4 Å². The van der Waals surface area contributed by atoms with E-state index in [4.69, 9.17) is 11.5 Å². The van der Waals surface area contributed by atoms with Gasteiger partial charge in [-0.1, -0.05) is 0 Å². The third-order valence-electron chi connectivity index (χ3n) is 5.01. The number of H-pyrrole nitrogens is 1. The highest BCUT2D eigenvalue weighted by atomic mass is 32.1. The Morgan fingerprint density at radius 1 is 1.40 bits per heavy atom. The van der Waals surface area contributed by atoms with Gasteiger partial charge in [-0.05, 0) is 42.3 Å². The highest BCUT2D eigenvalue weighted by molar-refractivity contribution is 7.10. The van der Waals surface area contributed by atoms with E-state index in [0.29, 0.717) is 17.5 Å². The Morgan fingerprint density at radius 2 is 2.12 bits per heavy atom. The van der Waals surface area contributed by atoms with Gasteiger partial charge in [-0.3, -0.25) is 14.3 Å². The molecule has 6 nitrogen and oxygen atoms in total. The first-order valence-corrected chi connectivity index (χ1v) is 9.08. The summed E-state index contributed by atoms with van der Waals surface area (Å²) in [7, 11) is 0. The summed E-state index contributed by atoms with van der Waals surface area (Å²) in [6, 6.07) is 1.91. The Bertz CT molecular complexity index is 1090. The molecule has 1 saturated carbocycles. The number of nitrogens with one attached hydrogen (secondary N) is 1. The molecule has 0 aromatic carbocycles. The molecule has 132 valence electrons. The summed E-state index contributed by atoms with van der Waals surface area (Å²) in [5.74, 6) is -0.616. The van der Waals surface area contributed by atoms with Gasteiger partial charge in [0.05, 0.1) is 16.3 Å². The molecule has 1 fully saturated rings. The number of thiophene rings is 1. The summed E-state index contributed by atoms with van der Waals surface area (Å²) in [6.45, 7) is 2.16. The van der Waals surface area contributed by atoms with Crippen molar-refractivity contribution in [2.75, 3.05) is 0 Å². The van der Waals surface area contributed by atoms with Gasteiger partial charge in [0.15, 0.2) is 6.17 Å². The molecule has 0 spiro atoms. The maximum absolute atomic E-state index is 15.1. The zero-order valence-electron chi connectivity index (χ0n) is 13.7. The molecule has 2 aliphatic rings. The van der Waals surface area contributed by atoms with E-state index in [0.717, 1.165) is 23.3 Å². The molecule has 8 heteroatoms. The SMILES string of the molecule is CC1=c2c(c(=O)[nH]c(=O)n2C2CC2)=C(N)C(F)C1c1csc(CN)c1. The largest absolute Gasteiger partial charge is 0.399 e. The number of halogens is 1. The molecule has 0 amide bonds. The molecular formula is C17H19FN4O2S. The average Bonchev–Trinajstić information content (AvgIpc) is 3.29. The Kier molecular flexibility index (Phi) is 3.69. The van der Waals surface area contributed by atoms with Gasteiger partial charge in [-0.15, -0.1) is 11.3 Å². The Balaban J connectivity index is 2.09. The molecule has 0 bridgehead atoms. The Morgan fingerprint density at radius 3 is 2.72 bits per heavy atom. The summed E-state index contributed by atoms with van der Waals surface area (Å²) in [4.78, 5) is 27.9. The molecule has 2 heterocycles. The van der Waals surface area contributed by atoms with E-state index in [2.05, 4.69) is 4.98 Å². The molecule has 0 saturated heterocycles. The third kappa shape index (κ3) is 2.39. The highest BCUT2D eigenvalue weighted by Gasteiger charge is 2.35. The molecule has 2 atom stereocenters. The van der Waals surface area contributed by atoms with Crippen LogP contribution >= 0.6 is 11.3 Å². The van der Waals surface area contributed by atoms with Crippen molar-refractivity contribution in [2.45, 2.75) is 44.4 Å². The number of hydrogen-bond acceptors (Lipinski definition) is 5. The first kappa shape index (κ1) is 16.3. The van der Waals surface area contributed by atoms with Crippen LogP contribution in [-0.4, -0.2) is 15.7 Å². The van der Waals surface area contributed by atoms with Gasteiger partial charge in [0.1, 0.15) is 0 Å². The molecule has 4 rings (SSSR count). The van der Waals surface area contributed by atoms with Gasteiger partial charge < -0.3 is 11.5 Å². The minimum Gasteiger partial charge on any atom is -0.399 e. The topological polar surface area (TPSA) is 107 Å². The van der Waals surface area contributed by atoms with Crippen LogP contribution in [0.1, 0.15) is 42.2 Å². The van der Waals surface area contributed by atoms with E-state index in [1.54, 1.807) is 11.5 Å². The Labute approximate surface area is 146 Å². The van der Waals surface area contributed by atoms with Crippen LogP contribution in [0.2, 0.25) is 0 Å². The van der Waals surface area contributed by atoms with Crippen molar-refractivity contribution < 1.29 is 4.39 Å². The minimum atomic E-state index is -1.51. The van der Waals surface area contributed by atoms with Crippen molar-refractivity contribution in [1.82, 2.24) is 9.55 Å². The van der Waals surface area contributed by atoms with Crippen molar-refractivity contribution in [3.63, 3.8) is 0 Å². The van der Waals surface area contributed by atoms with Crippen LogP contribution in [0.25, 0.3) is 11.3 Å². The first-order valence-electron chi connectivity index (χ1n) is 8.20. The molecule has 2 unspecified atom stereocenters. The minimum absolute atomic E-state index is 0.0414. The standard InChI is InChI=1S/C17H19FN4O2S/c1-7-11(8-4-10(5-19)25-6-8)13(18)14(20)12-15(7)22(9-2-3-9)17(24)21-16(12)23/h4,6,9,11,13H,2-3,5,19-20H2,1H3,(H,21,23,24). The van der Waals surface area contributed by atoms with Gasteiger partial charge in [-0.2, -0.15) is 0 Å². The number of nitrogens with two attached hydrogens (primary N) is 2. The number of nitrogens with zero attached hydrogens (tertiary/aromatic N) is 1. The van der Waals surface area contributed by atoms with Gasteiger partial charge in [0.25, 0.3) is 5.56 Å². The van der Waals surface area contributed by atoms with Gasteiger partial charge in [0, 0.05) is 23.4 Å². The first-order chi connectivity index (χ1) is 11.9. The molecule has 25 heavy (non-hydrogen) atoms. The second kappa shape index (κ2) is 5.67. The number of alkyl halides is 1. The summed E-state index contributed by atoms with van der Waals surface area (Å²) >= 11 is 1.47. The zero-order chi connectivity index (χ0) is 17.9. The lowest BCUT2D eigenvalue weighted by Gasteiger charge is -2.26. The maximum Gasteiger partial charge on any atom is 0.329 e. The van der Waals surface area contributed by atoms with Crippen LogP contribution < -0.4 is 33.3 Å². The molecule has 0 aliphatic heterocycles. The highest BCUT2D eigenvalue weighted by Crippen LogP contribution is 2.37. The summed E-state index contributed by atoms with van der Waals surface area (Å²) in [6.07, 6.45) is 0.217. The number of hydrogen-bond donors (Lipinski definition) is 3. The monoisotopic (exact) mass is 362 g/mol. The molecule has 5 N–H and O–H groups in total. The fraction of sp³-hybridized carbons (Fsp3) is 0.412. The zero-order valence-corrected chi connectivity index (χ0v) is 14.5. The molecular weight excluding hydrogens is 343 g/mol. The van der Waals surface area contributed by atoms with Crippen LogP contribution in [0.15, 0.2) is 21.0 Å². The van der Waals surface area contributed by atoms with Gasteiger partial charge >= 0.3 is 5.69 Å². The lowest BCUT2D eigenvalue weighted by Crippen LogP contribution is -2.59. The van der Waals surface area contributed by atoms with Crippen LogP contribution in [-0.2, 0) is 6.54 Å². The van der Waals surface area contributed by atoms with Crippen molar-refractivity contribution in [3.8, 4) is 0 Å². The molecule has 2 aromatic rings. The molecule has 2 aromatic heterocycles. The van der Waals surface area contributed by atoms with E-state index in [1.165, 1.54) is 11.3 Å². The maximum atomic E-state index is 15.1. The normalized spacial score (nSPS) is 23.0. The summed E-state index contributed by atoms with van der Waals surface area (Å²) < 4.78 is 16.7. The van der Waals surface area contributed by atoms with Crippen LogP contribution in [0.4, 0.5) is 4.39 Å². The number of aromatic nitrogens is 2. The lowest BCUT2D eigenvalue weighted by atomic mass is 9.84. The fourth-order valence-corrected chi connectivity index (χ4v) is 4.46. The number of aromatic amines is 1. The number of fused-ring (bicyclic) bond motifs is 1. The Hall–Kier alpha value is -2.19. The van der Waals surface area contributed by atoms with Crippen molar-refractivity contribution in [3.05, 3.63) is 53.3 Å². The van der Waals surface area contributed by atoms with Gasteiger partial charge in [0.2, 0.25) is 0 Å². The van der Waals surface area contributed by atoms with E-state index < -0.39 is 23.3 Å². The predicted octanol–water partition coefficient (Wildman–Crippen LogP) is -0.235. The summed E-state index contributed by atoms with van der Waals surface area (Å²) in [5, 5.41) is 2.45. The van der Waals surface area contributed by atoms with Gasteiger partial charge in [-0.25, -0.2) is 9.18 Å². The molecule has 2 aliphatic carbocycles. The van der Waals surface area contributed by atoms with Crippen molar-refractivity contribution >= 4 is 22.6 Å². The second-order valence-electron chi connectivity index (χ2n) is 6.65. The smallest absolute Gasteiger partial charge is 0.329 e. The lowest BCUT2D eigenvalue weighted by molar-refractivity contribution is 0.376. The number of rotatable bonds is 3. The second-order valence-corrected chi connectivity index (χ2v) is 7.65. The summed E-state index contributed by atoms with van der Waals surface area (Å²) in [5.41, 5.74) is 11.9. The van der Waals surface area contributed by atoms with Crippen molar-refractivity contribution in [1.29, 1.82) is 0 Å². The fourth-order valence-electron chi connectivity index (χ4n) is 3.66. The molecule has 0 radical (unpaired) electrons. The van der Waals surface area contributed by atoms with Crippen LogP contribution in [0.5, 0.6) is 0 Å². The van der Waals surface area contributed by atoms with E-state index in [9.17, 15) is 9.59 Å². The predicted molar refractivity (Wildman–Crippen MR) is 95.4 cm³/mol. The van der Waals surface area contributed by atoms with E-state index in [-0.39, 0.29) is 17.0 Å². The quantitative estimate of drug-likeness (QED) is 0.701. The van der Waals surface area contributed by atoms with Crippen molar-refractivity contribution in [2.24, 2.45) is 11.5 Å².